The van der Waals surface area contributed by atoms with Gasteiger partial charge in [-0.3, -0.25) is 14.4 Å². The summed E-state index contributed by atoms with van der Waals surface area (Å²) >= 11 is 0. The predicted octanol–water partition coefficient (Wildman–Crippen LogP) is 3.63. The minimum absolute atomic E-state index is 0.00728. The van der Waals surface area contributed by atoms with Crippen LogP contribution in [0.25, 0.3) is 0 Å². The van der Waals surface area contributed by atoms with E-state index >= 15 is 0 Å². The van der Waals surface area contributed by atoms with Crippen LogP contribution in [-0.4, -0.2) is 48.2 Å². The van der Waals surface area contributed by atoms with Crippen molar-refractivity contribution < 1.29 is 24.2 Å². The third kappa shape index (κ3) is 8.60. The number of carboxylic acids is 1. The molecule has 7 nitrogen and oxygen atoms in total. The van der Waals surface area contributed by atoms with Crippen molar-refractivity contribution in [2.24, 2.45) is 11.8 Å². The van der Waals surface area contributed by atoms with Crippen molar-refractivity contribution in [1.29, 1.82) is 0 Å². The highest BCUT2D eigenvalue weighted by atomic mass is 16.5. The van der Waals surface area contributed by atoms with Gasteiger partial charge in [0.05, 0.1) is 18.8 Å². The number of aryl methyl sites for hydroxylation is 1. The lowest BCUT2D eigenvalue weighted by Gasteiger charge is -2.27. The van der Waals surface area contributed by atoms with Crippen LogP contribution in [0.5, 0.6) is 0 Å². The first-order valence-electron chi connectivity index (χ1n) is 12.6. The summed E-state index contributed by atoms with van der Waals surface area (Å²) in [5, 5.41) is 14.4. The summed E-state index contributed by atoms with van der Waals surface area (Å²) in [7, 11) is 0. The summed E-state index contributed by atoms with van der Waals surface area (Å²) in [6.45, 7) is 0.567. The molecule has 0 saturated carbocycles. The molecule has 0 unspecified atom stereocenters. The van der Waals surface area contributed by atoms with E-state index in [0.29, 0.717) is 25.3 Å². The Bertz CT molecular complexity index is 826. The molecule has 3 rings (SSSR count). The molecule has 2 bridgehead atoms. The quantitative estimate of drug-likeness (QED) is 0.268. The molecule has 1 aromatic rings. The zero-order chi connectivity index (χ0) is 24.2. The normalized spacial score (nSPS) is 23.3. The third-order valence-electron chi connectivity index (χ3n) is 6.87. The number of benzene rings is 1. The standard InChI is InChI=1S/C27H38N2O5/c30-25(14-9-8-12-20-10-4-3-5-11-20)29-19-26(31)28-18-22-21(23-16-17-24(22)34-23)13-6-1-2-7-15-27(32)33/h1,3-6,10-11,21-24H,2,7-9,12-19H2,(H,28,31)(H,29,30)(H,32,33)/b6-1-/t21-,22+,23-,24+/m0/s1. The Balaban J connectivity index is 1.29. The fourth-order valence-electron chi connectivity index (χ4n) is 5.04. The monoisotopic (exact) mass is 470 g/mol. The Labute approximate surface area is 202 Å². The van der Waals surface area contributed by atoms with E-state index < -0.39 is 5.97 Å². The van der Waals surface area contributed by atoms with Gasteiger partial charge in [0.2, 0.25) is 11.8 Å². The number of amides is 2. The lowest BCUT2D eigenvalue weighted by molar-refractivity contribution is -0.137. The SMILES string of the molecule is O=C(O)CCC/C=C\C[C@H]1[C@@H](CNC(=O)CNC(=O)CCCCc2ccccc2)[C@H]2CC[C@@H]1O2. The van der Waals surface area contributed by atoms with Crippen molar-refractivity contribution in [2.75, 3.05) is 13.1 Å². The largest absolute Gasteiger partial charge is 0.481 e. The van der Waals surface area contributed by atoms with Gasteiger partial charge in [0, 0.05) is 25.3 Å². The minimum atomic E-state index is -0.759. The number of unbranched alkanes of at least 4 members (excludes halogenated alkanes) is 2. The number of carboxylic acid groups (broad SMARTS) is 1. The molecule has 0 aromatic heterocycles. The van der Waals surface area contributed by atoms with Gasteiger partial charge >= 0.3 is 5.97 Å². The van der Waals surface area contributed by atoms with Crippen LogP contribution in [0.2, 0.25) is 0 Å². The van der Waals surface area contributed by atoms with Crippen molar-refractivity contribution in [2.45, 2.75) is 76.4 Å². The van der Waals surface area contributed by atoms with E-state index in [1.54, 1.807) is 0 Å². The molecular formula is C27H38N2O5. The number of hydrogen-bond acceptors (Lipinski definition) is 4. The first-order chi connectivity index (χ1) is 16.5. The van der Waals surface area contributed by atoms with E-state index in [4.69, 9.17) is 9.84 Å². The van der Waals surface area contributed by atoms with Crippen LogP contribution < -0.4 is 10.6 Å². The van der Waals surface area contributed by atoms with E-state index in [0.717, 1.165) is 44.9 Å². The Morgan fingerprint density at radius 1 is 0.912 bits per heavy atom. The van der Waals surface area contributed by atoms with Crippen molar-refractivity contribution >= 4 is 17.8 Å². The fourth-order valence-corrected chi connectivity index (χ4v) is 5.04. The van der Waals surface area contributed by atoms with Gasteiger partial charge in [0.1, 0.15) is 0 Å². The maximum atomic E-state index is 12.3. The molecule has 186 valence electrons. The van der Waals surface area contributed by atoms with E-state index in [1.165, 1.54) is 5.56 Å². The number of ether oxygens (including phenoxy) is 1. The first-order valence-corrected chi connectivity index (χ1v) is 12.6. The highest BCUT2D eigenvalue weighted by Crippen LogP contribution is 2.44. The first kappa shape index (κ1) is 25.9. The van der Waals surface area contributed by atoms with Gasteiger partial charge in [-0.1, -0.05) is 42.5 Å². The number of hydrogen-bond donors (Lipinski definition) is 3. The smallest absolute Gasteiger partial charge is 0.303 e. The zero-order valence-electron chi connectivity index (χ0n) is 19.9. The van der Waals surface area contributed by atoms with Gasteiger partial charge in [-0.2, -0.15) is 0 Å². The van der Waals surface area contributed by atoms with Gasteiger partial charge in [-0.15, -0.1) is 0 Å². The van der Waals surface area contributed by atoms with Crippen molar-refractivity contribution in [1.82, 2.24) is 10.6 Å². The molecule has 2 aliphatic heterocycles. The van der Waals surface area contributed by atoms with Crippen LogP contribution in [-0.2, 0) is 25.5 Å². The van der Waals surface area contributed by atoms with Crippen molar-refractivity contribution in [3.8, 4) is 0 Å². The van der Waals surface area contributed by atoms with E-state index in [9.17, 15) is 14.4 Å². The van der Waals surface area contributed by atoms with E-state index in [2.05, 4.69) is 34.9 Å². The predicted molar refractivity (Wildman–Crippen MR) is 130 cm³/mol. The van der Waals surface area contributed by atoms with Gasteiger partial charge in [0.25, 0.3) is 0 Å². The molecule has 2 fully saturated rings. The minimum Gasteiger partial charge on any atom is -0.481 e. The number of aliphatic carboxylic acids is 1. The van der Waals surface area contributed by atoms with Crippen LogP contribution in [0, 0.1) is 11.8 Å². The fraction of sp³-hybridized carbons (Fsp3) is 0.593. The van der Waals surface area contributed by atoms with Crippen LogP contribution in [0.1, 0.15) is 63.4 Å². The summed E-state index contributed by atoms with van der Waals surface area (Å²) in [5.74, 6) is -0.361. The van der Waals surface area contributed by atoms with Crippen molar-refractivity contribution in [3.05, 3.63) is 48.0 Å². The molecule has 2 aliphatic rings. The second kappa shape index (κ2) is 13.9. The maximum absolute atomic E-state index is 12.3. The van der Waals surface area contributed by atoms with Gasteiger partial charge in [-0.05, 0) is 62.8 Å². The van der Waals surface area contributed by atoms with Crippen LogP contribution in [0.15, 0.2) is 42.5 Å². The molecule has 7 heteroatoms. The Hall–Kier alpha value is -2.67. The lowest BCUT2D eigenvalue weighted by atomic mass is 9.77. The van der Waals surface area contributed by atoms with Gasteiger partial charge in [0.15, 0.2) is 0 Å². The average Bonchev–Trinajstić information content (AvgIpc) is 3.44. The molecule has 2 heterocycles. The molecule has 4 atom stereocenters. The molecule has 2 amide bonds. The molecule has 34 heavy (non-hydrogen) atoms. The number of rotatable bonds is 15. The summed E-state index contributed by atoms with van der Waals surface area (Å²) in [6.07, 6.45) is 12.3. The highest BCUT2D eigenvalue weighted by Gasteiger charge is 2.47. The number of carbonyl (C=O) groups excluding carboxylic acids is 2. The zero-order valence-corrected chi connectivity index (χ0v) is 19.9. The molecular weight excluding hydrogens is 432 g/mol. The molecule has 0 aliphatic carbocycles. The Kier molecular flexibility index (Phi) is 10.6. The maximum Gasteiger partial charge on any atom is 0.303 e. The summed E-state index contributed by atoms with van der Waals surface area (Å²) in [6, 6.07) is 10.2. The van der Waals surface area contributed by atoms with Crippen LogP contribution in [0.4, 0.5) is 0 Å². The molecule has 2 saturated heterocycles. The van der Waals surface area contributed by atoms with Gasteiger partial charge in [-0.25, -0.2) is 0 Å². The third-order valence-corrected chi connectivity index (χ3v) is 6.87. The number of fused-ring (bicyclic) bond motifs is 2. The summed E-state index contributed by atoms with van der Waals surface area (Å²) in [5.41, 5.74) is 1.28. The molecule has 0 radical (unpaired) electrons. The summed E-state index contributed by atoms with van der Waals surface area (Å²) in [4.78, 5) is 34.9. The number of carbonyl (C=O) groups is 3. The second-order valence-electron chi connectivity index (χ2n) is 9.38. The molecule has 1 aromatic carbocycles. The number of allylic oxidation sites excluding steroid dienone is 2. The Morgan fingerprint density at radius 2 is 1.68 bits per heavy atom. The van der Waals surface area contributed by atoms with E-state index in [-0.39, 0.29) is 42.9 Å². The molecule has 3 N–H and O–H groups in total. The van der Waals surface area contributed by atoms with Crippen molar-refractivity contribution in [3.63, 3.8) is 0 Å². The molecule has 0 spiro atoms. The lowest BCUT2D eigenvalue weighted by Crippen LogP contribution is -2.42. The highest BCUT2D eigenvalue weighted by molar-refractivity contribution is 5.84. The van der Waals surface area contributed by atoms with Gasteiger partial charge < -0.3 is 20.5 Å². The number of nitrogens with one attached hydrogen (secondary N) is 2. The van der Waals surface area contributed by atoms with Crippen LogP contribution >= 0.6 is 0 Å². The Morgan fingerprint density at radius 3 is 2.44 bits per heavy atom. The second-order valence-corrected chi connectivity index (χ2v) is 9.38. The summed E-state index contributed by atoms with van der Waals surface area (Å²) < 4.78 is 6.09. The van der Waals surface area contributed by atoms with Crippen LogP contribution in [0.3, 0.4) is 0 Å². The van der Waals surface area contributed by atoms with E-state index in [1.807, 2.05) is 18.2 Å². The average molecular weight is 471 g/mol. The topological polar surface area (TPSA) is 105 Å².